The van der Waals surface area contributed by atoms with Crippen molar-refractivity contribution in [1.82, 2.24) is 4.98 Å². The topological polar surface area (TPSA) is 67.9 Å². The van der Waals surface area contributed by atoms with E-state index in [0.29, 0.717) is 50.1 Å². The maximum absolute atomic E-state index is 10.5. The van der Waals surface area contributed by atoms with Gasteiger partial charge >= 0.3 is 0 Å². The van der Waals surface area contributed by atoms with Crippen LogP contribution >= 0.6 is 43.5 Å². The highest BCUT2D eigenvalue weighted by atomic mass is 79.9. The third kappa shape index (κ3) is 4.24. The summed E-state index contributed by atoms with van der Waals surface area (Å²) in [6.45, 7) is 2.30. The Bertz CT molecular complexity index is 1250. The number of phenols is 1. The first-order valence-electron chi connectivity index (χ1n) is 9.00. The monoisotopic (exact) mass is 548 g/mol. The number of rotatable bonds is 5. The maximum Gasteiger partial charge on any atom is 0.227 e. The molecule has 0 aliphatic carbocycles. The highest BCUT2D eigenvalue weighted by Crippen LogP contribution is 2.40. The Balaban J connectivity index is 1.68. The molecule has 1 heterocycles. The summed E-state index contributed by atoms with van der Waals surface area (Å²) in [5, 5.41) is 11.2. The van der Waals surface area contributed by atoms with Crippen molar-refractivity contribution in [2.24, 2.45) is 4.99 Å². The minimum Gasteiger partial charge on any atom is -0.504 e. The number of nitrogens with zero attached hydrogens (tertiary/aromatic N) is 2. The van der Waals surface area contributed by atoms with Gasteiger partial charge in [-0.1, -0.05) is 11.6 Å². The van der Waals surface area contributed by atoms with Crippen LogP contribution in [0.1, 0.15) is 12.5 Å². The molecule has 0 unspecified atom stereocenters. The standard InChI is InChI=1S/C22H15Br2ClN2O3/c1-2-29-19-10-16(23)20(24)15(21(19)28)11-26-14-7-8-18-17(9-14)27-22(30-18)12-3-5-13(25)6-4-12/h3-11,28H,2H2,1H3. The third-order valence-corrected chi connectivity index (χ3v) is 6.56. The Morgan fingerprint density at radius 1 is 1.17 bits per heavy atom. The number of fused-ring (bicyclic) bond motifs is 1. The summed E-state index contributed by atoms with van der Waals surface area (Å²) in [6, 6.07) is 14.5. The van der Waals surface area contributed by atoms with Gasteiger partial charge in [0.1, 0.15) is 5.52 Å². The Morgan fingerprint density at radius 3 is 2.67 bits per heavy atom. The van der Waals surface area contributed by atoms with Gasteiger partial charge in [-0.3, -0.25) is 4.99 Å². The smallest absolute Gasteiger partial charge is 0.227 e. The summed E-state index contributed by atoms with van der Waals surface area (Å²) in [5.74, 6) is 0.910. The van der Waals surface area contributed by atoms with Crippen LogP contribution in [0.3, 0.4) is 0 Å². The van der Waals surface area contributed by atoms with Crippen LogP contribution in [0.15, 0.2) is 66.9 Å². The van der Waals surface area contributed by atoms with Crippen molar-refractivity contribution < 1.29 is 14.3 Å². The summed E-state index contributed by atoms with van der Waals surface area (Å²) in [5.41, 5.74) is 3.36. The van der Waals surface area contributed by atoms with Crippen molar-refractivity contribution in [2.75, 3.05) is 6.61 Å². The van der Waals surface area contributed by atoms with Crippen molar-refractivity contribution in [2.45, 2.75) is 6.92 Å². The predicted molar refractivity (Wildman–Crippen MR) is 126 cm³/mol. The van der Waals surface area contributed by atoms with E-state index in [1.54, 1.807) is 24.4 Å². The number of phenolic OH excluding ortho intramolecular Hbond substituents is 1. The fourth-order valence-electron chi connectivity index (χ4n) is 2.85. The van der Waals surface area contributed by atoms with Crippen LogP contribution in [0.4, 0.5) is 5.69 Å². The molecule has 0 amide bonds. The van der Waals surface area contributed by atoms with Gasteiger partial charge in [0.05, 0.1) is 17.9 Å². The highest BCUT2D eigenvalue weighted by Gasteiger charge is 2.15. The molecule has 4 rings (SSSR count). The number of benzene rings is 3. The van der Waals surface area contributed by atoms with Gasteiger partial charge in [-0.25, -0.2) is 4.98 Å². The van der Waals surface area contributed by atoms with Crippen LogP contribution in [-0.4, -0.2) is 22.9 Å². The van der Waals surface area contributed by atoms with Crippen molar-refractivity contribution in [3.63, 3.8) is 0 Å². The van der Waals surface area contributed by atoms with Crippen molar-refractivity contribution >= 4 is 66.5 Å². The first-order chi connectivity index (χ1) is 14.5. The van der Waals surface area contributed by atoms with Crippen molar-refractivity contribution in [3.05, 3.63) is 68.1 Å². The van der Waals surface area contributed by atoms with Crippen LogP contribution < -0.4 is 4.74 Å². The number of hydrogen-bond acceptors (Lipinski definition) is 5. The van der Waals surface area contributed by atoms with E-state index in [-0.39, 0.29) is 5.75 Å². The number of halogens is 3. The van der Waals surface area contributed by atoms with Crippen LogP contribution in [0.25, 0.3) is 22.6 Å². The Morgan fingerprint density at radius 2 is 1.93 bits per heavy atom. The molecule has 0 aliphatic rings. The molecule has 0 spiro atoms. The summed E-state index contributed by atoms with van der Waals surface area (Å²) in [7, 11) is 0. The van der Waals surface area contributed by atoms with E-state index < -0.39 is 0 Å². The molecule has 0 bridgehead atoms. The van der Waals surface area contributed by atoms with E-state index in [1.807, 2.05) is 37.3 Å². The second kappa shape index (κ2) is 8.79. The quantitative estimate of drug-likeness (QED) is 0.261. The Labute approximate surface area is 194 Å². The van der Waals surface area contributed by atoms with Crippen LogP contribution in [0.5, 0.6) is 11.5 Å². The second-order valence-electron chi connectivity index (χ2n) is 6.30. The van der Waals surface area contributed by atoms with Crippen molar-refractivity contribution in [3.8, 4) is 23.0 Å². The average molecular weight is 551 g/mol. The van der Waals surface area contributed by atoms with Gasteiger partial charge in [-0.05, 0) is 87.3 Å². The minimum absolute atomic E-state index is 0.0169. The molecule has 5 nitrogen and oxygen atoms in total. The van der Waals surface area contributed by atoms with Crippen LogP contribution in [0.2, 0.25) is 5.02 Å². The number of aliphatic imine (C=N–C) groups is 1. The molecule has 152 valence electrons. The van der Waals surface area contributed by atoms with Crippen molar-refractivity contribution in [1.29, 1.82) is 0 Å². The van der Waals surface area contributed by atoms with Crippen LogP contribution in [-0.2, 0) is 0 Å². The molecule has 4 aromatic rings. The summed E-state index contributed by atoms with van der Waals surface area (Å²) in [6.07, 6.45) is 1.58. The zero-order valence-corrected chi connectivity index (χ0v) is 19.6. The molecule has 0 saturated carbocycles. The highest BCUT2D eigenvalue weighted by molar-refractivity contribution is 9.13. The first kappa shape index (κ1) is 20.9. The summed E-state index contributed by atoms with van der Waals surface area (Å²) in [4.78, 5) is 9.04. The van der Waals surface area contributed by atoms with Gasteiger partial charge in [-0.15, -0.1) is 0 Å². The largest absolute Gasteiger partial charge is 0.504 e. The third-order valence-electron chi connectivity index (χ3n) is 4.30. The lowest BCUT2D eigenvalue weighted by Crippen LogP contribution is -1.95. The molecule has 0 fully saturated rings. The van der Waals surface area contributed by atoms with E-state index in [0.717, 1.165) is 10.0 Å². The molecule has 0 atom stereocenters. The van der Waals surface area contributed by atoms with Crippen LogP contribution in [0, 0.1) is 0 Å². The number of oxazole rings is 1. The number of hydrogen-bond donors (Lipinski definition) is 1. The Kier molecular flexibility index (Phi) is 6.13. The fraction of sp³-hybridized carbons (Fsp3) is 0.0909. The molecular formula is C22H15Br2ClN2O3. The lowest BCUT2D eigenvalue weighted by Gasteiger charge is -2.11. The Hall–Kier alpha value is -2.35. The van der Waals surface area contributed by atoms with Gasteiger partial charge < -0.3 is 14.3 Å². The SMILES string of the molecule is CCOc1cc(Br)c(Br)c(C=Nc2ccc3oc(-c4ccc(Cl)cc4)nc3c2)c1O. The predicted octanol–water partition coefficient (Wildman–Crippen LogP) is 7.53. The lowest BCUT2D eigenvalue weighted by atomic mass is 10.2. The molecule has 0 radical (unpaired) electrons. The van der Waals surface area contributed by atoms with E-state index in [4.69, 9.17) is 20.8 Å². The molecular weight excluding hydrogens is 536 g/mol. The normalized spacial score (nSPS) is 11.5. The fourth-order valence-corrected chi connectivity index (χ4v) is 3.80. The first-order valence-corrected chi connectivity index (χ1v) is 11.0. The summed E-state index contributed by atoms with van der Waals surface area (Å²) < 4.78 is 12.7. The molecule has 1 N–H and O–H groups in total. The molecule has 8 heteroatoms. The zero-order chi connectivity index (χ0) is 21.3. The molecule has 0 saturated heterocycles. The average Bonchev–Trinajstić information content (AvgIpc) is 3.16. The molecule has 1 aromatic heterocycles. The van der Waals surface area contributed by atoms with Gasteiger partial charge in [0.15, 0.2) is 17.1 Å². The number of ether oxygens (including phenoxy) is 1. The van der Waals surface area contributed by atoms with Gasteiger partial charge in [0, 0.05) is 25.7 Å². The number of aromatic hydroxyl groups is 1. The lowest BCUT2D eigenvalue weighted by molar-refractivity contribution is 0.317. The summed E-state index contributed by atoms with van der Waals surface area (Å²) >= 11 is 12.9. The minimum atomic E-state index is 0.0169. The van der Waals surface area contributed by atoms with E-state index in [1.165, 1.54) is 0 Å². The molecule has 0 aliphatic heterocycles. The molecule has 3 aromatic carbocycles. The van der Waals surface area contributed by atoms with Gasteiger partial charge in [0.25, 0.3) is 0 Å². The van der Waals surface area contributed by atoms with E-state index in [2.05, 4.69) is 41.8 Å². The molecule has 30 heavy (non-hydrogen) atoms. The zero-order valence-electron chi connectivity index (χ0n) is 15.7. The maximum atomic E-state index is 10.5. The van der Waals surface area contributed by atoms with Gasteiger partial charge in [0.2, 0.25) is 5.89 Å². The second-order valence-corrected chi connectivity index (χ2v) is 8.39. The van der Waals surface area contributed by atoms with E-state index in [9.17, 15) is 5.11 Å². The van der Waals surface area contributed by atoms with E-state index >= 15 is 0 Å². The number of aromatic nitrogens is 1. The van der Waals surface area contributed by atoms with Gasteiger partial charge in [-0.2, -0.15) is 0 Å².